The van der Waals surface area contributed by atoms with Gasteiger partial charge in [0.1, 0.15) is 0 Å². The zero-order valence-corrected chi connectivity index (χ0v) is 8.20. The SMILES string of the molecule is CC(O)CC(C#N)(CN)CC(C)O. The van der Waals surface area contributed by atoms with Gasteiger partial charge in [0, 0.05) is 6.54 Å². The summed E-state index contributed by atoms with van der Waals surface area (Å²) in [6.45, 7) is 3.40. The zero-order chi connectivity index (χ0) is 10.5. The highest BCUT2D eigenvalue weighted by atomic mass is 16.3. The summed E-state index contributed by atoms with van der Waals surface area (Å²) in [6, 6.07) is 2.08. The number of nitrogens with two attached hydrogens (primary N) is 1. The van der Waals surface area contributed by atoms with Crippen molar-refractivity contribution < 1.29 is 10.2 Å². The third kappa shape index (κ3) is 4.23. The molecule has 0 saturated heterocycles. The fraction of sp³-hybridized carbons (Fsp3) is 0.889. The maximum Gasteiger partial charge on any atom is 0.0744 e. The van der Waals surface area contributed by atoms with Crippen LogP contribution in [0.2, 0.25) is 0 Å². The zero-order valence-electron chi connectivity index (χ0n) is 8.20. The van der Waals surface area contributed by atoms with Crippen molar-refractivity contribution in [1.29, 1.82) is 5.26 Å². The quantitative estimate of drug-likeness (QED) is 0.563. The van der Waals surface area contributed by atoms with Crippen LogP contribution < -0.4 is 5.73 Å². The minimum Gasteiger partial charge on any atom is -0.393 e. The molecule has 13 heavy (non-hydrogen) atoms. The lowest BCUT2D eigenvalue weighted by Crippen LogP contribution is -2.35. The van der Waals surface area contributed by atoms with E-state index in [4.69, 9.17) is 11.0 Å². The summed E-state index contributed by atoms with van der Waals surface area (Å²) < 4.78 is 0. The summed E-state index contributed by atoms with van der Waals surface area (Å²) in [5.74, 6) is 0. The maximum atomic E-state index is 9.17. The lowest BCUT2D eigenvalue weighted by Gasteiger charge is -2.27. The topological polar surface area (TPSA) is 90.3 Å². The molecule has 2 unspecified atom stereocenters. The van der Waals surface area contributed by atoms with E-state index in [9.17, 15) is 10.2 Å². The van der Waals surface area contributed by atoms with Gasteiger partial charge < -0.3 is 15.9 Å². The van der Waals surface area contributed by atoms with Crippen LogP contribution in [0, 0.1) is 16.7 Å². The molecule has 4 nitrogen and oxygen atoms in total. The number of aliphatic hydroxyl groups is 2. The van der Waals surface area contributed by atoms with Crippen molar-refractivity contribution in [2.75, 3.05) is 6.54 Å². The van der Waals surface area contributed by atoms with Crippen molar-refractivity contribution in [1.82, 2.24) is 0 Å². The van der Waals surface area contributed by atoms with E-state index in [0.29, 0.717) is 12.8 Å². The Morgan fingerprint density at radius 1 is 1.31 bits per heavy atom. The highest BCUT2D eigenvalue weighted by Gasteiger charge is 2.31. The summed E-state index contributed by atoms with van der Waals surface area (Å²) in [7, 11) is 0. The molecule has 4 heteroatoms. The summed E-state index contributed by atoms with van der Waals surface area (Å²) in [5.41, 5.74) is 4.68. The molecule has 0 aliphatic heterocycles. The van der Waals surface area contributed by atoms with Gasteiger partial charge in [0.2, 0.25) is 0 Å². The molecular weight excluding hydrogens is 168 g/mol. The van der Waals surface area contributed by atoms with E-state index in [1.165, 1.54) is 0 Å². The van der Waals surface area contributed by atoms with E-state index in [1.807, 2.05) is 0 Å². The van der Waals surface area contributed by atoms with Crippen LogP contribution in [0.5, 0.6) is 0 Å². The van der Waals surface area contributed by atoms with Crippen LogP contribution >= 0.6 is 0 Å². The minimum atomic E-state index is -0.789. The van der Waals surface area contributed by atoms with Gasteiger partial charge in [0.25, 0.3) is 0 Å². The van der Waals surface area contributed by atoms with Gasteiger partial charge in [-0.3, -0.25) is 0 Å². The van der Waals surface area contributed by atoms with Crippen LogP contribution in [-0.4, -0.2) is 29.0 Å². The molecule has 0 aromatic rings. The van der Waals surface area contributed by atoms with Crippen molar-refractivity contribution in [3.8, 4) is 6.07 Å². The third-order valence-electron chi connectivity index (χ3n) is 2.00. The van der Waals surface area contributed by atoms with E-state index in [0.717, 1.165) is 0 Å². The molecule has 0 amide bonds. The Morgan fingerprint density at radius 2 is 1.69 bits per heavy atom. The van der Waals surface area contributed by atoms with Gasteiger partial charge in [0.05, 0.1) is 23.7 Å². The van der Waals surface area contributed by atoms with Gasteiger partial charge >= 0.3 is 0 Å². The van der Waals surface area contributed by atoms with Gasteiger partial charge in [-0.25, -0.2) is 0 Å². The standard InChI is InChI=1S/C9H18N2O2/c1-7(12)3-9(5-10,6-11)4-8(2)13/h7-8,12-13H,3-5,10H2,1-2H3. The van der Waals surface area contributed by atoms with Crippen molar-refractivity contribution in [2.45, 2.75) is 38.9 Å². The summed E-state index contributed by atoms with van der Waals surface area (Å²) >= 11 is 0. The molecule has 4 N–H and O–H groups in total. The predicted molar refractivity (Wildman–Crippen MR) is 49.7 cm³/mol. The largest absolute Gasteiger partial charge is 0.393 e. The normalized spacial score (nSPS) is 20.0. The molecule has 0 fully saturated rings. The van der Waals surface area contributed by atoms with Crippen LogP contribution in [0.3, 0.4) is 0 Å². The smallest absolute Gasteiger partial charge is 0.0744 e. The van der Waals surface area contributed by atoms with Crippen LogP contribution in [-0.2, 0) is 0 Å². The molecule has 0 spiro atoms. The molecule has 0 aromatic carbocycles. The predicted octanol–water partition coefficient (Wildman–Crippen LogP) is -0.00312. The molecule has 76 valence electrons. The molecule has 0 saturated carbocycles. The first-order valence-corrected chi connectivity index (χ1v) is 4.43. The Bertz CT molecular complexity index is 175. The van der Waals surface area contributed by atoms with Crippen molar-refractivity contribution in [3.63, 3.8) is 0 Å². The number of nitrogens with zero attached hydrogens (tertiary/aromatic N) is 1. The second-order valence-corrected chi connectivity index (χ2v) is 3.70. The second-order valence-electron chi connectivity index (χ2n) is 3.70. The minimum absolute atomic E-state index is 0.166. The van der Waals surface area contributed by atoms with Gasteiger partial charge in [-0.05, 0) is 26.7 Å². The Morgan fingerprint density at radius 3 is 1.85 bits per heavy atom. The third-order valence-corrected chi connectivity index (χ3v) is 2.00. The van der Waals surface area contributed by atoms with Crippen LogP contribution in [0.25, 0.3) is 0 Å². The van der Waals surface area contributed by atoms with Crippen molar-refractivity contribution in [3.05, 3.63) is 0 Å². The first-order valence-electron chi connectivity index (χ1n) is 4.43. The number of hydrogen-bond donors (Lipinski definition) is 3. The fourth-order valence-corrected chi connectivity index (χ4v) is 1.52. The van der Waals surface area contributed by atoms with E-state index in [-0.39, 0.29) is 6.54 Å². The Labute approximate surface area is 79.0 Å². The number of aliphatic hydroxyl groups excluding tert-OH is 2. The molecule has 2 atom stereocenters. The van der Waals surface area contributed by atoms with E-state index < -0.39 is 17.6 Å². The molecule has 0 aliphatic rings. The van der Waals surface area contributed by atoms with E-state index in [1.54, 1.807) is 13.8 Å². The Balaban J connectivity index is 4.42. The maximum absolute atomic E-state index is 9.17. The van der Waals surface area contributed by atoms with Gasteiger partial charge in [-0.15, -0.1) is 0 Å². The number of rotatable bonds is 5. The fourth-order valence-electron chi connectivity index (χ4n) is 1.52. The molecule has 0 bridgehead atoms. The average molecular weight is 186 g/mol. The molecule has 0 radical (unpaired) electrons. The van der Waals surface area contributed by atoms with Gasteiger partial charge in [-0.2, -0.15) is 5.26 Å². The summed E-state index contributed by atoms with van der Waals surface area (Å²) in [6.07, 6.45) is -0.514. The Kier molecular flexibility index (Phi) is 4.92. The highest BCUT2D eigenvalue weighted by molar-refractivity contribution is 5.01. The first kappa shape index (κ1) is 12.4. The highest BCUT2D eigenvalue weighted by Crippen LogP contribution is 2.27. The van der Waals surface area contributed by atoms with E-state index >= 15 is 0 Å². The van der Waals surface area contributed by atoms with Gasteiger partial charge in [0.15, 0.2) is 0 Å². The molecule has 0 aromatic heterocycles. The van der Waals surface area contributed by atoms with E-state index in [2.05, 4.69) is 6.07 Å². The lowest BCUT2D eigenvalue weighted by molar-refractivity contribution is 0.0938. The summed E-state index contributed by atoms with van der Waals surface area (Å²) in [5, 5.41) is 27.3. The monoisotopic (exact) mass is 186 g/mol. The number of nitriles is 1. The molecular formula is C9H18N2O2. The average Bonchev–Trinajstić information content (AvgIpc) is 2.01. The second kappa shape index (κ2) is 5.18. The van der Waals surface area contributed by atoms with Crippen molar-refractivity contribution >= 4 is 0 Å². The molecule has 0 aliphatic carbocycles. The van der Waals surface area contributed by atoms with Gasteiger partial charge in [-0.1, -0.05) is 0 Å². The van der Waals surface area contributed by atoms with Crippen LogP contribution in [0.1, 0.15) is 26.7 Å². The first-order chi connectivity index (χ1) is 5.95. The van der Waals surface area contributed by atoms with Crippen molar-refractivity contribution in [2.24, 2.45) is 11.1 Å². The molecule has 0 rings (SSSR count). The lowest BCUT2D eigenvalue weighted by atomic mass is 9.79. The molecule has 0 heterocycles. The van der Waals surface area contributed by atoms with Crippen LogP contribution in [0.4, 0.5) is 0 Å². The summed E-state index contributed by atoms with van der Waals surface area (Å²) in [4.78, 5) is 0. The van der Waals surface area contributed by atoms with Crippen LogP contribution in [0.15, 0.2) is 0 Å². The number of hydrogen-bond acceptors (Lipinski definition) is 4. The Hall–Kier alpha value is -0.630.